The Morgan fingerprint density at radius 1 is 1.48 bits per heavy atom. The van der Waals surface area contributed by atoms with Crippen molar-refractivity contribution in [2.45, 2.75) is 25.0 Å². The minimum Gasteiger partial charge on any atom is -0.481 e. The van der Waals surface area contributed by atoms with E-state index in [1.54, 1.807) is 0 Å². The molecule has 0 aliphatic rings. The first-order chi connectivity index (χ1) is 9.90. The number of benzene rings is 1. The number of rotatable bonds is 5. The third-order valence-electron chi connectivity index (χ3n) is 2.67. The number of aliphatic carboxylic acids is 1. The van der Waals surface area contributed by atoms with Gasteiger partial charge in [-0.3, -0.25) is 9.36 Å². The number of carbonyl (C=O) groups is 1. The van der Waals surface area contributed by atoms with E-state index < -0.39 is 5.97 Å². The monoisotopic (exact) mass is 481 g/mol. The van der Waals surface area contributed by atoms with Crippen LogP contribution in [0.1, 0.15) is 19.9 Å². The van der Waals surface area contributed by atoms with Crippen molar-refractivity contribution in [3.8, 4) is 11.4 Å². The van der Waals surface area contributed by atoms with E-state index in [9.17, 15) is 4.79 Å². The van der Waals surface area contributed by atoms with Gasteiger partial charge in [-0.15, -0.1) is 10.2 Å². The minimum atomic E-state index is -0.865. The molecular formula is C13H13BrIN3O2S. The number of halogens is 2. The highest BCUT2D eigenvalue weighted by molar-refractivity contribution is 14.1. The molecule has 0 saturated heterocycles. The van der Waals surface area contributed by atoms with Crippen LogP contribution in [0.15, 0.2) is 27.8 Å². The lowest BCUT2D eigenvalue weighted by Crippen LogP contribution is -2.07. The largest absolute Gasteiger partial charge is 0.481 e. The second kappa shape index (κ2) is 7.10. The van der Waals surface area contributed by atoms with Crippen LogP contribution in [0.2, 0.25) is 0 Å². The summed E-state index contributed by atoms with van der Waals surface area (Å²) in [4.78, 5) is 10.7. The van der Waals surface area contributed by atoms with Gasteiger partial charge in [0.05, 0.1) is 5.75 Å². The molecule has 8 heteroatoms. The number of carboxylic acids is 1. The maximum Gasteiger partial charge on any atom is 0.313 e. The number of nitrogens with zero attached hydrogens (tertiary/aromatic N) is 3. The lowest BCUT2D eigenvalue weighted by molar-refractivity contribution is -0.133. The van der Waals surface area contributed by atoms with E-state index in [1.165, 1.54) is 11.8 Å². The Kier molecular flexibility index (Phi) is 5.67. The smallest absolute Gasteiger partial charge is 0.313 e. The molecule has 0 spiro atoms. The molecule has 112 valence electrons. The van der Waals surface area contributed by atoms with Gasteiger partial charge in [-0.1, -0.05) is 27.7 Å². The maximum atomic E-state index is 10.7. The van der Waals surface area contributed by atoms with Crippen molar-refractivity contribution in [3.05, 3.63) is 26.2 Å². The van der Waals surface area contributed by atoms with Crippen LogP contribution in [0, 0.1) is 3.57 Å². The fraction of sp³-hybridized carbons (Fsp3) is 0.308. The topological polar surface area (TPSA) is 68.0 Å². The van der Waals surface area contributed by atoms with Crippen molar-refractivity contribution in [2.75, 3.05) is 5.75 Å². The maximum absolute atomic E-state index is 10.7. The van der Waals surface area contributed by atoms with E-state index in [4.69, 9.17) is 5.11 Å². The fourth-order valence-electron chi connectivity index (χ4n) is 1.82. The van der Waals surface area contributed by atoms with E-state index in [0.717, 1.165) is 19.4 Å². The van der Waals surface area contributed by atoms with Crippen molar-refractivity contribution >= 4 is 56.3 Å². The number of thioether (sulfide) groups is 1. The van der Waals surface area contributed by atoms with Gasteiger partial charge in [0.15, 0.2) is 11.0 Å². The van der Waals surface area contributed by atoms with Crippen LogP contribution in [-0.4, -0.2) is 31.6 Å². The number of hydrogen-bond donors (Lipinski definition) is 1. The first-order valence-corrected chi connectivity index (χ1v) is 9.00. The molecule has 0 bridgehead atoms. The molecule has 5 nitrogen and oxygen atoms in total. The predicted molar refractivity (Wildman–Crippen MR) is 94.6 cm³/mol. The summed E-state index contributed by atoms with van der Waals surface area (Å²) in [6.07, 6.45) is 0. The molecule has 0 radical (unpaired) electrons. The van der Waals surface area contributed by atoms with Gasteiger partial charge in [0.2, 0.25) is 0 Å². The van der Waals surface area contributed by atoms with Gasteiger partial charge in [0.25, 0.3) is 0 Å². The van der Waals surface area contributed by atoms with E-state index in [2.05, 4.69) is 48.7 Å². The molecule has 1 aromatic carbocycles. The van der Waals surface area contributed by atoms with Crippen molar-refractivity contribution in [2.24, 2.45) is 0 Å². The summed E-state index contributed by atoms with van der Waals surface area (Å²) in [5.41, 5.74) is 0.949. The Balaban J connectivity index is 2.49. The summed E-state index contributed by atoms with van der Waals surface area (Å²) < 4.78 is 4.00. The summed E-state index contributed by atoms with van der Waals surface area (Å²) in [6.45, 7) is 4.05. The molecule has 1 aromatic heterocycles. The molecule has 0 aliphatic heterocycles. The first kappa shape index (κ1) is 16.8. The van der Waals surface area contributed by atoms with Gasteiger partial charge in [0, 0.05) is 19.6 Å². The third-order valence-corrected chi connectivity index (χ3v) is 4.97. The van der Waals surface area contributed by atoms with Crippen molar-refractivity contribution in [1.82, 2.24) is 14.8 Å². The summed E-state index contributed by atoms with van der Waals surface area (Å²) in [7, 11) is 0. The highest BCUT2D eigenvalue weighted by atomic mass is 127. The molecule has 0 atom stereocenters. The molecule has 2 rings (SSSR count). The average molecular weight is 482 g/mol. The molecule has 0 saturated carbocycles. The van der Waals surface area contributed by atoms with E-state index in [0.29, 0.717) is 5.16 Å². The lowest BCUT2D eigenvalue weighted by Gasteiger charge is -2.14. The highest BCUT2D eigenvalue weighted by Gasteiger charge is 2.19. The molecule has 0 unspecified atom stereocenters. The van der Waals surface area contributed by atoms with E-state index in [1.807, 2.05) is 36.6 Å². The van der Waals surface area contributed by atoms with Crippen LogP contribution in [0.3, 0.4) is 0 Å². The molecule has 1 heterocycles. The van der Waals surface area contributed by atoms with Crippen LogP contribution >= 0.6 is 50.3 Å². The lowest BCUT2D eigenvalue weighted by atomic mass is 10.2. The zero-order valence-electron chi connectivity index (χ0n) is 11.4. The number of carboxylic acid groups (broad SMARTS) is 1. The summed E-state index contributed by atoms with van der Waals surface area (Å²) >= 11 is 6.97. The van der Waals surface area contributed by atoms with Crippen LogP contribution in [-0.2, 0) is 4.79 Å². The Morgan fingerprint density at radius 3 is 2.81 bits per heavy atom. The van der Waals surface area contributed by atoms with E-state index in [-0.39, 0.29) is 11.8 Å². The third kappa shape index (κ3) is 3.98. The predicted octanol–water partition coefficient (Wildman–Crippen LogP) is 4.07. The molecule has 2 aromatic rings. The van der Waals surface area contributed by atoms with Crippen molar-refractivity contribution in [1.29, 1.82) is 0 Å². The SMILES string of the molecule is CC(C)n1c(SCC(=O)O)nnc1-c1cc(I)ccc1Br. The molecule has 21 heavy (non-hydrogen) atoms. The summed E-state index contributed by atoms with van der Waals surface area (Å²) in [5, 5.41) is 17.8. The number of aromatic nitrogens is 3. The second-order valence-electron chi connectivity index (χ2n) is 4.58. The van der Waals surface area contributed by atoms with E-state index >= 15 is 0 Å². The minimum absolute atomic E-state index is 0.0294. The highest BCUT2D eigenvalue weighted by Crippen LogP contribution is 2.33. The summed E-state index contributed by atoms with van der Waals surface area (Å²) in [5.74, 6) is -0.156. The van der Waals surface area contributed by atoms with Crippen molar-refractivity contribution in [3.63, 3.8) is 0 Å². The van der Waals surface area contributed by atoms with Crippen LogP contribution in [0.5, 0.6) is 0 Å². The molecule has 0 aliphatic carbocycles. The van der Waals surface area contributed by atoms with Gasteiger partial charge in [-0.2, -0.15) is 0 Å². The quantitative estimate of drug-likeness (QED) is 0.515. The molecule has 0 fully saturated rings. The number of hydrogen-bond acceptors (Lipinski definition) is 4. The van der Waals surface area contributed by atoms with Gasteiger partial charge in [-0.25, -0.2) is 0 Å². The normalized spacial score (nSPS) is 11.1. The average Bonchev–Trinajstić information content (AvgIpc) is 2.83. The molecular weight excluding hydrogens is 469 g/mol. The van der Waals surface area contributed by atoms with Gasteiger partial charge < -0.3 is 5.11 Å². The van der Waals surface area contributed by atoms with Gasteiger partial charge in [-0.05, 0) is 54.6 Å². The molecule has 1 N–H and O–H groups in total. The Morgan fingerprint density at radius 2 is 2.19 bits per heavy atom. The van der Waals surface area contributed by atoms with Crippen LogP contribution in [0.25, 0.3) is 11.4 Å². The Hall–Kier alpha value is -0.610. The van der Waals surface area contributed by atoms with Gasteiger partial charge >= 0.3 is 5.97 Å². The Labute approximate surface area is 148 Å². The fourth-order valence-corrected chi connectivity index (χ4v) is 3.52. The van der Waals surface area contributed by atoms with Crippen LogP contribution in [0.4, 0.5) is 0 Å². The Bertz CT molecular complexity index is 675. The first-order valence-electron chi connectivity index (χ1n) is 6.15. The second-order valence-corrected chi connectivity index (χ2v) is 7.62. The summed E-state index contributed by atoms with van der Waals surface area (Å²) in [6, 6.07) is 6.14. The zero-order chi connectivity index (χ0) is 15.6. The zero-order valence-corrected chi connectivity index (χ0v) is 15.9. The standard InChI is InChI=1S/C13H13BrIN3O2S/c1-7(2)18-12(9-5-8(15)3-4-10(9)14)16-17-13(18)21-6-11(19)20/h3-5,7H,6H2,1-2H3,(H,19,20). The van der Waals surface area contributed by atoms with Crippen molar-refractivity contribution < 1.29 is 9.90 Å². The van der Waals surface area contributed by atoms with Gasteiger partial charge in [0.1, 0.15) is 0 Å². The molecule has 0 amide bonds. The van der Waals surface area contributed by atoms with Crippen LogP contribution < -0.4 is 0 Å².